The highest BCUT2D eigenvalue weighted by atomic mass is 35.5. The van der Waals surface area contributed by atoms with Crippen LogP contribution in [0.15, 0.2) is 0 Å². The van der Waals surface area contributed by atoms with Gasteiger partial charge >= 0.3 is 0 Å². The minimum absolute atomic E-state index is 0.505. The number of hydrogen-bond donors (Lipinski definition) is 0. The summed E-state index contributed by atoms with van der Waals surface area (Å²) in [5, 5.41) is 0. The molecule has 0 saturated carbocycles. The van der Waals surface area contributed by atoms with Crippen molar-refractivity contribution < 1.29 is 42.6 Å². The molecular formula is C26H53ClO9. The minimum Gasteiger partial charge on any atom is -0.379 e. The molecule has 0 saturated heterocycles. The summed E-state index contributed by atoms with van der Waals surface area (Å²) >= 11 is 5.50. The number of alkyl halides is 1. The zero-order valence-corrected chi connectivity index (χ0v) is 23.5. The van der Waals surface area contributed by atoms with E-state index in [1.807, 2.05) is 0 Å². The highest BCUT2D eigenvalue weighted by molar-refractivity contribution is 6.17. The fraction of sp³-hybridized carbons (Fsp3) is 1.00. The largest absolute Gasteiger partial charge is 0.379 e. The summed E-state index contributed by atoms with van der Waals surface area (Å²) in [6.45, 7) is 12.5. The molecule has 0 spiro atoms. The molecule has 0 radical (unpaired) electrons. The molecule has 0 N–H and O–H groups in total. The lowest BCUT2D eigenvalue weighted by Crippen LogP contribution is -2.15. The Morgan fingerprint density at radius 1 is 0.306 bits per heavy atom. The van der Waals surface area contributed by atoms with Gasteiger partial charge in [-0.25, -0.2) is 0 Å². The van der Waals surface area contributed by atoms with Crippen molar-refractivity contribution in [2.75, 3.05) is 125 Å². The van der Waals surface area contributed by atoms with Crippen LogP contribution < -0.4 is 0 Å². The maximum Gasteiger partial charge on any atom is 0.0701 e. The quantitative estimate of drug-likeness (QED) is 0.0906. The summed E-state index contributed by atoms with van der Waals surface area (Å²) < 4.78 is 48.9. The first-order valence-electron chi connectivity index (χ1n) is 13.7. The maximum absolute atomic E-state index is 5.57. The third-order valence-corrected chi connectivity index (χ3v) is 4.99. The van der Waals surface area contributed by atoms with Crippen LogP contribution in [-0.4, -0.2) is 125 Å². The van der Waals surface area contributed by atoms with Crippen LogP contribution in [-0.2, 0) is 42.6 Å². The Balaban J connectivity index is 3.00. The average molecular weight is 545 g/mol. The topological polar surface area (TPSA) is 83.1 Å². The van der Waals surface area contributed by atoms with E-state index in [1.165, 1.54) is 32.1 Å². The SMILES string of the molecule is CCCCCCCCOCCOCCOCCOCCOCCOCCOCCOCCOCCCl. The molecule has 0 aliphatic carbocycles. The summed E-state index contributed by atoms with van der Waals surface area (Å²) in [6, 6.07) is 0. The van der Waals surface area contributed by atoms with Crippen molar-refractivity contribution in [2.24, 2.45) is 0 Å². The molecule has 0 rings (SSSR count). The summed E-state index contributed by atoms with van der Waals surface area (Å²) in [5.41, 5.74) is 0. The minimum atomic E-state index is 0.505. The Hall–Kier alpha value is -0.0700. The van der Waals surface area contributed by atoms with E-state index < -0.39 is 0 Å². The molecule has 0 bridgehead atoms. The van der Waals surface area contributed by atoms with Gasteiger partial charge < -0.3 is 42.6 Å². The summed E-state index contributed by atoms with van der Waals surface area (Å²) in [6.07, 6.45) is 7.71. The van der Waals surface area contributed by atoms with Crippen molar-refractivity contribution in [2.45, 2.75) is 45.4 Å². The van der Waals surface area contributed by atoms with E-state index in [9.17, 15) is 0 Å². The normalized spacial score (nSPS) is 11.5. The van der Waals surface area contributed by atoms with Crippen LogP contribution >= 0.6 is 11.6 Å². The zero-order chi connectivity index (χ0) is 26.0. The Morgan fingerprint density at radius 2 is 0.556 bits per heavy atom. The van der Waals surface area contributed by atoms with Crippen LogP contribution in [0.1, 0.15) is 45.4 Å². The fourth-order valence-corrected chi connectivity index (χ4v) is 3.01. The molecule has 0 aliphatic heterocycles. The molecule has 0 aromatic heterocycles. The van der Waals surface area contributed by atoms with Gasteiger partial charge in [0.15, 0.2) is 0 Å². The number of halogens is 1. The van der Waals surface area contributed by atoms with E-state index in [0.29, 0.717) is 118 Å². The second-order valence-corrected chi connectivity index (χ2v) is 8.35. The molecule has 0 aliphatic rings. The van der Waals surface area contributed by atoms with E-state index in [-0.39, 0.29) is 0 Å². The number of unbranched alkanes of at least 4 members (excludes halogenated alkanes) is 5. The zero-order valence-electron chi connectivity index (χ0n) is 22.7. The molecule has 0 heterocycles. The van der Waals surface area contributed by atoms with Gasteiger partial charge in [0.05, 0.1) is 112 Å². The van der Waals surface area contributed by atoms with Crippen molar-refractivity contribution in [3.8, 4) is 0 Å². The molecule has 0 atom stereocenters. The first kappa shape index (κ1) is 35.9. The highest BCUT2D eigenvalue weighted by Gasteiger charge is 1.96. The predicted octanol–water partition coefficient (Wildman–Crippen LogP) is 3.74. The fourth-order valence-electron chi connectivity index (χ4n) is 2.90. The van der Waals surface area contributed by atoms with Gasteiger partial charge in [-0.05, 0) is 6.42 Å². The number of rotatable bonds is 33. The van der Waals surface area contributed by atoms with Crippen LogP contribution in [0.4, 0.5) is 0 Å². The third kappa shape index (κ3) is 33.9. The number of ether oxygens (including phenoxy) is 9. The van der Waals surface area contributed by atoms with Crippen molar-refractivity contribution in [3.63, 3.8) is 0 Å². The first-order valence-corrected chi connectivity index (χ1v) is 14.2. The van der Waals surface area contributed by atoms with Crippen LogP contribution in [0.3, 0.4) is 0 Å². The van der Waals surface area contributed by atoms with Gasteiger partial charge in [0, 0.05) is 12.5 Å². The molecule has 36 heavy (non-hydrogen) atoms. The third-order valence-electron chi connectivity index (χ3n) is 4.84. The van der Waals surface area contributed by atoms with Gasteiger partial charge in [-0.15, -0.1) is 11.6 Å². The lowest BCUT2D eigenvalue weighted by atomic mass is 10.1. The standard InChI is InChI=1S/C26H53ClO9/c1-2-3-4-5-6-7-9-28-11-13-30-15-17-32-19-21-34-23-25-36-26-24-35-22-20-33-18-16-31-14-12-29-10-8-27/h2-26H2,1H3. The van der Waals surface area contributed by atoms with E-state index in [2.05, 4.69) is 6.92 Å². The summed E-state index contributed by atoms with van der Waals surface area (Å²) in [7, 11) is 0. The van der Waals surface area contributed by atoms with Crippen LogP contribution in [0.5, 0.6) is 0 Å². The summed E-state index contributed by atoms with van der Waals surface area (Å²) in [4.78, 5) is 0. The Kier molecular flexibility index (Phi) is 34.9. The molecule has 0 aromatic rings. The Morgan fingerprint density at radius 3 is 0.861 bits per heavy atom. The van der Waals surface area contributed by atoms with Crippen LogP contribution in [0, 0.1) is 0 Å². The molecule has 10 heteroatoms. The predicted molar refractivity (Wildman–Crippen MR) is 141 cm³/mol. The maximum atomic E-state index is 5.57. The van der Waals surface area contributed by atoms with Crippen molar-refractivity contribution in [3.05, 3.63) is 0 Å². The van der Waals surface area contributed by atoms with Crippen LogP contribution in [0.25, 0.3) is 0 Å². The first-order chi connectivity index (χ1) is 17.9. The van der Waals surface area contributed by atoms with Gasteiger partial charge in [0.2, 0.25) is 0 Å². The second-order valence-electron chi connectivity index (χ2n) is 7.97. The van der Waals surface area contributed by atoms with Gasteiger partial charge in [-0.2, -0.15) is 0 Å². The van der Waals surface area contributed by atoms with E-state index in [4.69, 9.17) is 54.2 Å². The van der Waals surface area contributed by atoms with Gasteiger partial charge in [-0.1, -0.05) is 39.0 Å². The lowest BCUT2D eigenvalue weighted by Gasteiger charge is -2.09. The molecule has 0 fully saturated rings. The number of hydrogen-bond acceptors (Lipinski definition) is 9. The van der Waals surface area contributed by atoms with Crippen LogP contribution in [0.2, 0.25) is 0 Å². The molecule has 0 unspecified atom stereocenters. The van der Waals surface area contributed by atoms with E-state index >= 15 is 0 Å². The molecule has 218 valence electrons. The van der Waals surface area contributed by atoms with E-state index in [0.717, 1.165) is 13.0 Å². The summed E-state index contributed by atoms with van der Waals surface area (Å²) in [5.74, 6) is 0.505. The second kappa shape index (κ2) is 34.9. The lowest BCUT2D eigenvalue weighted by molar-refractivity contribution is -0.0248. The Labute approximate surface area is 224 Å². The van der Waals surface area contributed by atoms with Crippen molar-refractivity contribution in [1.29, 1.82) is 0 Å². The van der Waals surface area contributed by atoms with Crippen molar-refractivity contribution in [1.82, 2.24) is 0 Å². The molecule has 0 amide bonds. The van der Waals surface area contributed by atoms with Gasteiger partial charge in [0.1, 0.15) is 0 Å². The smallest absolute Gasteiger partial charge is 0.0701 e. The average Bonchev–Trinajstić information content (AvgIpc) is 2.89. The highest BCUT2D eigenvalue weighted by Crippen LogP contribution is 2.04. The van der Waals surface area contributed by atoms with Gasteiger partial charge in [0.25, 0.3) is 0 Å². The van der Waals surface area contributed by atoms with E-state index in [1.54, 1.807) is 0 Å². The molecular weight excluding hydrogens is 492 g/mol. The molecule has 9 nitrogen and oxygen atoms in total. The molecule has 0 aromatic carbocycles. The Bertz CT molecular complexity index is 347. The van der Waals surface area contributed by atoms with Gasteiger partial charge in [-0.3, -0.25) is 0 Å². The monoisotopic (exact) mass is 544 g/mol. The van der Waals surface area contributed by atoms with Crippen molar-refractivity contribution >= 4 is 11.6 Å².